The number of nitrogens with zero attached hydrogens (tertiary/aromatic N) is 4. The average molecular weight is 375 g/mol. The van der Waals surface area contributed by atoms with Crippen LogP contribution in [-0.2, 0) is 5.54 Å². The molecule has 1 aromatic heterocycles. The SMILES string of the molecule is COc1ccc([C@H](c2nnnn2C(C)(C)C)[NH+]2CCC(C)CC2)cc1OC. The number of likely N-dealkylation sites (tertiary alicyclic amines) is 1. The van der Waals surface area contributed by atoms with Crippen LogP contribution in [0.3, 0.4) is 0 Å². The number of nitrogens with one attached hydrogen (secondary N) is 1. The Morgan fingerprint density at radius 2 is 1.78 bits per heavy atom. The Labute approximate surface area is 161 Å². The van der Waals surface area contributed by atoms with Crippen molar-refractivity contribution in [3.05, 3.63) is 29.6 Å². The van der Waals surface area contributed by atoms with Crippen molar-refractivity contribution in [1.82, 2.24) is 20.2 Å². The highest BCUT2D eigenvalue weighted by Crippen LogP contribution is 2.32. The molecule has 7 heteroatoms. The van der Waals surface area contributed by atoms with Gasteiger partial charge in [0.05, 0.1) is 32.8 Å². The molecule has 148 valence electrons. The van der Waals surface area contributed by atoms with Crippen LogP contribution < -0.4 is 14.4 Å². The van der Waals surface area contributed by atoms with E-state index in [0.29, 0.717) is 0 Å². The van der Waals surface area contributed by atoms with Crippen molar-refractivity contribution in [2.45, 2.75) is 52.1 Å². The minimum atomic E-state index is -0.184. The molecule has 2 aromatic rings. The highest BCUT2D eigenvalue weighted by atomic mass is 16.5. The van der Waals surface area contributed by atoms with Gasteiger partial charge in [0.15, 0.2) is 17.5 Å². The summed E-state index contributed by atoms with van der Waals surface area (Å²) in [4.78, 5) is 1.50. The van der Waals surface area contributed by atoms with Gasteiger partial charge >= 0.3 is 0 Å². The predicted molar refractivity (Wildman–Crippen MR) is 103 cm³/mol. The van der Waals surface area contributed by atoms with E-state index in [1.54, 1.807) is 14.2 Å². The number of tetrazole rings is 1. The number of hydrogen-bond donors (Lipinski definition) is 1. The molecule has 1 aliphatic heterocycles. The van der Waals surface area contributed by atoms with Crippen LogP contribution in [0.25, 0.3) is 0 Å². The van der Waals surface area contributed by atoms with Crippen molar-refractivity contribution in [3.8, 4) is 11.5 Å². The molecule has 1 aromatic carbocycles. The lowest BCUT2D eigenvalue weighted by molar-refractivity contribution is -0.932. The molecule has 1 aliphatic rings. The molecule has 0 aliphatic carbocycles. The molecule has 0 spiro atoms. The van der Waals surface area contributed by atoms with Crippen molar-refractivity contribution in [1.29, 1.82) is 0 Å². The molecule has 1 fully saturated rings. The van der Waals surface area contributed by atoms with Gasteiger partial charge in [-0.25, -0.2) is 4.68 Å². The van der Waals surface area contributed by atoms with E-state index in [-0.39, 0.29) is 11.6 Å². The zero-order valence-electron chi connectivity index (χ0n) is 17.3. The number of benzene rings is 1. The largest absolute Gasteiger partial charge is 0.493 e. The van der Waals surface area contributed by atoms with Crippen molar-refractivity contribution in [3.63, 3.8) is 0 Å². The van der Waals surface area contributed by atoms with Gasteiger partial charge in [0.1, 0.15) is 0 Å². The van der Waals surface area contributed by atoms with E-state index in [1.807, 2.05) is 10.7 Å². The highest BCUT2D eigenvalue weighted by molar-refractivity contribution is 5.44. The minimum absolute atomic E-state index is 0.0616. The van der Waals surface area contributed by atoms with Crippen molar-refractivity contribution < 1.29 is 14.4 Å². The van der Waals surface area contributed by atoms with Gasteiger partial charge in [0.25, 0.3) is 0 Å². The Hall–Kier alpha value is -2.15. The molecule has 2 heterocycles. The van der Waals surface area contributed by atoms with E-state index in [2.05, 4.69) is 55.4 Å². The maximum absolute atomic E-state index is 5.55. The first-order valence-electron chi connectivity index (χ1n) is 9.70. The quantitative estimate of drug-likeness (QED) is 0.865. The lowest BCUT2D eigenvalue weighted by Gasteiger charge is -2.34. The summed E-state index contributed by atoms with van der Waals surface area (Å²) < 4.78 is 12.9. The van der Waals surface area contributed by atoms with Gasteiger partial charge < -0.3 is 14.4 Å². The monoisotopic (exact) mass is 374 g/mol. The molecular weight excluding hydrogens is 342 g/mol. The first-order valence-corrected chi connectivity index (χ1v) is 9.70. The van der Waals surface area contributed by atoms with E-state index in [1.165, 1.54) is 17.7 Å². The summed E-state index contributed by atoms with van der Waals surface area (Å²) in [5.74, 6) is 3.15. The molecule has 27 heavy (non-hydrogen) atoms. The lowest BCUT2D eigenvalue weighted by Crippen LogP contribution is -3.13. The summed E-state index contributed by atoms with van der Waals surface area (Å²) in [5, 5.41) is 12.8. The average Bonchev–Trinajstić information content (AvgIpc) is 3.13. The van der Waals surface area contributed by atoms with Gasteiger partial charge in [0, 0.05) is 5.56 Å². The maximum Gasteiger partial charge on any atom is 0.214 e. The number of ether oxygens (including phenoxy) is 2. The van der Waals surface area contributed by atoms with Gasteiger partial charge in [-0.2, -0.15) is 0 Å². The molecular formula is C20H32N5O2+. The third kappa shape index (κ3) is 4.08. The zero-order chi connectivity index (χ0) is 19.6. The highest BCUT2D eigenvalue weighted by Gasteiger charge is 2.36. The molecule has 1 N–H and O–H groups in total. The van der Waals surface area contributed by atoms with E-state index >= 15 is 0 Å². The summed E-state index contributed by atoms with van der Waals surface area (Å²) in [6.45, 7) is 10.9. The molecule has 7 nitrogen and oxygen atoms in total. The molecule has 1 atom stereocenters. The van der Waals surface area contributed by atoms with Crippen LogP contribution in [0, 0.1) is 5.92 Å². The number of aromatic nitrogens is 4. The number of hydrogen-bond acceptors (Lipinski definition) is 5. The lowest BCUT2D eigenvalue weighted by atomic mass is 9.95. The summed E-state index contributed by atoms with van der Waals surface area (Å²) in [7, 11) is 3.33. The van der Waals surface area contributed by atoms with Gasteiger partial charge in [-0.15, -0.1) is 5.10 Å². The van der Waals surface area contributed by atoms with Crippen LogP contribution in [0.4, 0.5) is 0 Å². The number of piperidine rings is 1. The fourth-order valence-corrected chi connectivity index (χ4v) is 3.87. The standard InChI is InChI=1S/C20H31N5O2/c1-14-9-11-24(12-10-14)18(19-21-22-23-25(19)20(2,3)4)15-7-8-16(26-5)17(13-15)27-6/h7-8,13-14,18H,9-12H2,1-6H3/p+1/t18-/m1/s1. The molecule has 0 amide bonds. The summed E-state index contributed by atoms with van der Waals surface area (Å²) in [6.07, 6.45) is 2.44. The minimum Gasteiger partial charge on any atom is -0.493 e. The molecule has 3 rings (SSSR count). The van der Waals surface area contributed by atoms with E-state index in [0.717, 1.165) is 41.9 Å². The summed E-state index contributed by atoms with van der Waals surface area (Å²) in [6, 6.07) is 6.21. The van der Waals surface area contributed by atoms with Crippen LogP contribution >= 0.6 is 0 Å². The summed E-state index contributed by atoms with van der Waals surface area (Å²) in [5.41, 5.74) is 0.966. The first kappa shape index (κ1) is 19.6. The maximum atomic E-state index is 5.55. The van der Waals surface area contributed by atoms with Gasteiger partial charge in [0.2, 0.25) is 5.82 Å². The number of methoxy groups -OCH3 is 2. The third-order valence-electron chi connectivity index (χ3n) is 5.45. The van der Waals surface area contributed by atoms with Crippen LogP contribution in [0.15, 0.2) is 18.2 Å². The van der Waals surface area contributed by atoms with E-state index < -0.39 is 0 Å². The fraction of sp³-hybridized carbons (Fsp3) is 0.650. The summed E-state index contributed by atoms with van der Waals surface area (Å²) >= 11 is 0. The predicted octanol–water partition coefficient (Wildman–Crippen LogP) is 1.85. The Bertz CT molecular complexity index is 760. The number of quaternary nitrogens is 1. The first-order chi connectivity index (χ1) is 12.8. The molecule has 0 unspecified atom stereocenters. The molecule has 0 saturated carbocycles. The van der Waals surface area contributed by atoms with E-state index in [4.69, 9.17) is 9.47 Å². The molecule has 0 radical (unpaired) electrons. The second kappa shape index (κ2) is 7.84. The molecule has 1 saturated heterocycles. The van der Waals surface area contributed by atoms with Crippen LogP contribution in [0.5, 0.6) is 11.5 Å². The van der Waals surface area contributed by atoms with Gasteiger partial charge in [-0.05, 0) is 68.2 Å². The van der Waals surface area contributed by atoms with Crippen LogP contribution in [0.1, 0.15) is 58.0 Å². The van der Waals surface area contributed by atoms with Gasteiger partial charge in [-0.1, -0.05) is 6.92 Å². The Kier molecular flexibility index (Phi) is 5.69. The zero-order valence-corrected chi connectivity index (χ0v) is 17.3. The van der Waals surface area contributed by atoms with Crippen molar-refractivity contribution in [2.75, 3.05) is 27.3 Å². The number of rotatable bonds is 5. The fourth-order valence-electron chi connectivity index (χ4n) is 3.87. The topological polar surface area (TPSA) is 66.5 Å². The normalized spacial score (nSPS) is 21.7. The molecule has 0 bridgehead atoms. The van der Waals surface area contributed by atoms with Crippen molar-refractivity contribution >= 4 is 0 Å². The Balaban J connectivity index is 2.08. The third-order valence-corrected chi connectivity index (χ3v) is 5.45. The second-order valence-corrected chi connectivity index (χ2v) is 8.51. The van der Waals surface area contributed by atoms with Crippen LogP contribution in [0.2, 0.25) is 0 Å². The second-order valence-electron chi connectivity index (χ2n) is 8.51. The Morgan fingerprint density at radius 3 is 2.37 bits per heavy atom. The van der Waals surface area contributed by atoms with Crippen LogP contribution in [-0.4, -0.2) is 47.5 Å². The van der Waals surface area contributed by atoms with E-state index in [9.17, 15) is 0 Å². The van der Waals surface area contributed by atoms with Gasteiger partial charge in [-0.3, -0.25) is 0 Å². The smallest absolute Gasteiger partial charge is 0.214 e. The Morgan fingerprint density at radius 1 is 1.11 bits per heavy atom. The van der Waals surface area contributed by atoms with Crippen molar-refractivity contribution in [2.24, 2.45) is 5.92 Å².